The number of benzene rings is 1. The van der Waals surface area contributed by atoms with Gasteiger partial charge in [0.2, 0.25) is 0 Å². The number of amides is 3. The number of hydrogen-bond acceptors (Lipinski definition) is 5. The third kappa shape index (κ3) is 4.99. The largest absolute Gasteiger partial charge is 0.467 e. The molecule has 4 aliphatic rings. The van der Waals surface area contributed by atoms with Crippen LogP contribution in [-0.2, 0) is 9.53 Å². The highest BCUT2D eigenvalue weighted by Crippen LogP contribution is 2.62. The molecule has 4 bridgehead atoms. The first-order valence-electron chi connectivity index (χ1n) is 11.6. The van der Waals surface area contributed by atoms with Gasteiger partial charge in [0, 0.05) is 6.04 Å². The van der Waals surface area contributed by atoms with Crippen molar-refractivity contribution in [2.45, 2.75) is 63.1 Å². The van der Waals surface area contributed by atoms with E-state index in [1.54, 1.807) is 6.07 Å². The van der Waals surface area contributed by atoms with Gasteiger partial charge in [-0.2, -0.15) is 0 Å². The molecule has 0 radical (unpaired) electrons. The van der Waals surface area contributed by atoms with Gasteiger partial charge < -0.3 is 25.8 Å². The predicted octanol–water partition coefficient (Wildman–Crippen LogP) is 3.28. The number of carbonyl (C=O) groups is 3. The van der Waals surface area contributed by atoms with Crippen molar-refractivity contribution >= 4 is 41.1 Å². The first-order valence-corrected chi connectivity index (χ1v) is 12.4. The molecule has 186 valence electrons. The molecule has 8 nitrogen and oxygen atoms in total. The number of halogens is 2. The maximum atomic E-state index is 12.7. The monoisotopic (exact) mass is 511 g/mol. The zero-order chi connectivity index (χ0) is 24.7. The summed E-state index contributed by atoms with van der Waals surface area (Å²) in [6.07, 6.45) is 5.60. The van der Waals surface area contributed by atoms with Crippen LogP contribution in [0.15, 0.2) is 18.2 Å². The molecule has 4 aliphatic carbocycles. The van der Waals surface area contributed by atoms with Gasteiger partial charge in [0.25, 0.3) is 5.91 Å². The minimum atomic E-state index is -1.13. The zero-order valence-corrected chi connectivity index (χ0v) is 20.8. The molecule has 0 aliphatic heterocycles. The number of esters is 1. The Hall–Kier alpha value is -2.03. The van der Waals surface area contributed by atoms with Crippen molar-refractivity contribution in [2.75, 3.05) is 13.7 Å². The topological polar surface area (TPSA) is 117 Å². The maximum absolute atomic E-state index is 12.7. The van der Waals surface area contributed by atoms with Gasteiger partial charge in [-0.15, -0.1) is 0 Å². The van der Waals surface area contributed by atoms with E-state index in [1.165, 1.54) is 25.7 Å². The summed E-state index contributed by atoms with van der Waals surface area (Å²) in [6.45, 7) is 1.80. The molecule has 0 heterocycles. The number of aliphatic hydroxyl groups is 1. The van der Waals surface area contributed by atoms with Gasteiger partial charge in [0.15, 0.2) is 0 Å². The minimum absolute atomic E-state index is 0.0394. The Morgan fingerprint density at radius 2 is 1.74 bits per heavy atom. The lowest BCUT2D eigenvalue weighted by molar-refractivity contribution is -0.170. The van der Waals surface area contributed by atoms with Gasteiger partial charge in [0.05, 0.1) is 34.9 Å². The summed E-state index contributed by atoms with van der Waals surface area (Å²) in [5.74, 6) is -0.347. The Labute approximate surface area is 209 Å². The van der Waals surface area contributed by atoms with E-state index in [0.717, 1.165) is 25.7 Å². The van der Waals surface area contributed by atoms with Gasteiger partial charge in [0.1, 0.15) is 6.04 Å². The first-order chi connectivity index (χ1) is 16.0. The third-order valence-corrected chi connectivity index (χ3v) is 8.42. The van der Waals surface area contributed by atoms with Crippen molar-refractivity contribution in [2.24, 2.45) is 17.3 Å². The average molecular weight is 512 g/mol. The molecule has 0 aromatic heterocycles. The molecule has 4 atom stereocenters. The minimum Gasteiger partial charge on any atom is -0.467 e. The first kappa shape index (κ1) is 25.1. The number of rotatable bonds is 7. The van der Waals surface area contributed by atoms with Crippen LogP contribution in [0.4, 0.5) is 4.79 Å². The van der Waals surface area contributed by atoms with Gasteiger partial charge in [-0.1, -0.05) is 29.3 Å². The maximum Gasteiger partial charge on any atom is 0.330 e. The second-order valence-corrected chi connectivity index (χ2v) is 11.1. The second-order valence-electron chi connectivity index (χ2n) is 10.3. The SMILES string of the molecule is COC(=O)[C@H](CNC(=O)NC(C)C12CC3CC(CC(O)(C3)C1)C2)NC(=O)c1c(Cl)cccc1Cl. The van der Waals surface area contributed by atoms with E-state index in [9.17, 15) is 19.5 Å². The lowest BCUT2D eigenvalue weighted by atomic mass is 9.46. The van der Waals surface area contributed by atoms with Crippen molar-refractivity contribution in [1.29, 1.82) is 0 Å². The molecule has 0 spiro atoms. The summed E-state index contributed by atoms with van der Waals surface area (Å²) in [4.78, 5) is 37.6. The predicted molar refractivity (Wildman–Crippen MR) is 128 cm³/mol. The van der Waals surface area contributed by atoms with Crippen molar-refractivity contribution in [1.82, 2.24) is 16.0 Å². The Morgan fingerprint density at radius 3 is 2.29 bits per heavy atom. The molecule has 10 heteroatoms. The van der Waals surface area contributed by atoms with Crippen LogP contribution >= 0.6 is 23.2 Å². The van der Waals surface area contributed by atoms with E-state index in [-0.39, 0.29) is 33.6 Å². The van der Waals surface area contributed by atoms with Gasteiger partial charge >= 0.3 is 12.0 Å². The third-order valence-electron chi connectivity index (χ3n) is 7.79. The van der Waals surface area contributed by atoms with Crippen LogP contribution < -0.4 is 16.0 Å². The molecule has 3 amide bonds. The molecule has 5 rings (SSSR count). The highest BCUT2D eigenvalue weighted by atomic mass is 35.5. The Morgan fingerprint density at radius 1 is 1.12 bits per heavy atom. The van der Waals surface area contributed by atoms with Crippen LogP contribution in [0, 0.1) is 17.3 Å². The van der Waals surface area contributed by atoms with Gasteiger partial charge in [-0.3, -0.25) is 4.79 Å². The lowest BCUT2D eigenvalue weighted by Crippen LogP contribution is -2.62. The summed E-state index contributed by atoms with van der Waals surface area (Å²) in [7, 11) is 1.20. The van der Waals surface area contributed by atoms with E-state index in [2.05, 4.69) is 16.0 Å². The molecule has 1 aromatic rings. The molecule has 0 saturated heterocycles. The molecular weight excluding hydrogens is 481 g/mol. The standard InChI is InChI=1S/C24H31Cl2N3O5/c1-13(23-7-14-6-15(8-23)10-24(33,9-14)12-23)28-22(32)27-11-18(21(31)34-2)29-20(30)19-16(25)4-3-5-17(19)26/h3-5,13-15,18,33H,6-12H2,1-2H3,(H,29,30)(H2,27,28,32)/t13?,14?,15?,18-,23?,24?/m0/s1. The van der Waals surface area contributed by atoms with E-state index in [0.29, 0.717) is 18.3 Å². The van der Waals surface area contributed by atoms with E-state index >= 15 is 0 Å². The zero-order valence-electron chi connectivity index (χ0n) is 19.3. The Balaban J connectivity index is 1.36. The van der Waals surface area contributed by atoms with E-state index in [4.69, 9.17) is 27.9 Å². The van der Waals surface area contributed by atoms with Crippen molar-refractivity contribution < 1.29 is 24.2 Å². The summed E-state index contributed by atoms with van der Waals surface area (Å²) in [5.41, 5.74) is -0.693. The summed E-state index contributed by atoms with van der Waals surface area (Å²) < 4.78 is 4.78. The van der Waals surface area contributed by atoms with Crippen molar-refractivity contribution in [3.8, 4) is 0 Å². The normalized spacial score (nSPS) is 30.9. The van der Waals surface area contributed by atoms with Crippen LogP contribution in [0.2, 0.25) is 10.0 Å². The highest BCUT2D eigenvalue weighted by Gasteiger charge is 2.59. The number of ether oxygens (including phenoxy) is 1. The quantitative estimate of drug-likeness (QED) is 0.419. The van der Waals surface area contributed by atoms with Gasteiger partial charge in [-0.05, 0) is 74.8 Å². The molecule has 4 N–H and O–H groups in total. The van der Waals surface area contributed by atoms with Crippen LogP contribution in [-0.4, -0.2) is 54.4 Å². The van der Waals surface area contributed by atoms with Crippen LogP contribution in [0.3, 0.4) is 0 Å². The van der Waals surface area contributed by atoms with Gasteiger partial charge in [-0.25, -0.2) is 9.59 Å². The summed E-state index contributed by atoms with van der Waals surface area (Å²) in [6, 6.07) is 2.92. The summed E-state index contributed by atoms with van der Waals surface area (Å²) in [5, 5.41) is 19.5. The Bertz CT molecular complexity index is 953. The van der Waals surface area contributed by atoms with Crippen LogP contribution in [0.1, 0.15) is 55.8 Å². The fourth-order valence-corrected chi connectivity index (χ4v) is 7.24. The number of methoxy groups -OCH3 is 1. The molecule has 34 heavy (non-hydrogen) atoms. The fraction of sp³-hybridized carbons (Fsp3) is 0.625. The van der Waals surface area contributed by atoms with Crippen LogP contribution in [0.25, 0.3) is 0 Å². The molecule has 1 aromatic carbocycles. The second kappa shape index (κ2) is 9.55. The number of nitrogens with one attached hydrogen (secondary N) is 3. The smallest absolute Gasteiger partial charge is 0.330 e. The fourth-order valence-electron chi connectivity index (χ4n) is 6.67. The van der Waals surface area contributed by atoms with Crippen molar-refractivity contribution in [3.05, 3.63) is 33.8 Å². The molecule has 3 unspecified atom stereocenters. The molecular formula is C24H31Cl2N3O5. The lowest BCUT2D eigenvalue weighted by Gasteiger charge is -2.62. The van der Waals surface area contributed by atoms with Crippen molar-refractivity contribution in [3.63, 3.8) is 0 Å². The summed E-state index contributed by atoms with van der Waals surface area (Å²) >= 11 is 12.2. The molecule has 4 saturated carbocycles. The highest BCUT2D eigenvalue weighted by molar-refractivity contribution is 6.39. The number of urea groups is 1. The number of hydrogen-bond donors (Lipinski definition) is 4. The van der Waals surface area contributed by atoms with E-state index in [1.807, 2.05) is 6.92 Å². The molecule has 4 fully saturated rings. The van der Waals surface area contributed by atoms with E-state index < -0.39 is 29.6 Å². The Kier molecular flexibility index (Phi) is 7.04. The average Bonchev–Trinajstić information content (AvgIpc) is 2.74. The van der Waals surface area contributed by atoms with Crippen LogP contribution in [0.5, 0.6) is 0 Å². The number of carbonyl (C=O) groups excluding carboxylic acids is 3.